The van der Waals surface area contributed by atoms with Gasteiger partial charge in [-0.3, -0.25) is 9.88 Å². The normalized spacial score (nSPS) is 13.8. The average molecular weight is 419 g/mol. The fraction of sp³-hybridized carbons (Fsp3) is 0.375. The number of nitrogens with zero attached hydrogens (tertiary/aromatic N) is 5. The van der Waals surface area contributed by atoms with Crippen molar-refractivity contribution in [1.29, 1.82) is 0 Å². The molecule has 1 aliphatic rings. The quantitative estimate of drug-likeness (QED) is 0.603. The highest BCUT2D eigenvalue weighted by molar-refractivity contribution is 5.59. The molecule has 0 fully saturated rings. The minimum atomic E-state index is 0.761. The summed E-state index contributed by atoms with van der Waals surface area (Å²) in [7, 11) is 5.86. The molecule has 2 aromatic heterocycles. The number of anilines is 1. The number of benzene rings is 1. The molecule has 0 amide bonds. The molecule has 0 unspecified atom stereocenters. The van der Waals surface area contributed by atoms with E-state index in [9.17, 15) is 0 Å². The Kier molecular flexibility index (Phi) is 6.74. The van der Waals surface area contributed by atoms with Crippen LogP contribution in [0.2, 0.25) is 0 Å². The molecule has 3 aromatic rings. The van der Waals surface area contributed by atoms with E-state index in [-0.39, 0.29) is 0 Å². The lowest BCUT2D eigenvalue weighted by Gasteiger charge is -2.30. The number of hydrogen-bond donors (Lipinski definition) is 1. The number of rotatable bonds is 8. The van der Waals surface area contributed by atoms with Gasteiger partial charge in [-0.1, -0.05) is 12.1 Å². The number of ether oxygens (including phenoxy) is 1. The molecule has 3 heterocycles. The minimum Gasteiger partial charge on any atom is -0.497 e. The molecule has 1 N–H and O–H groups in total. The number of likely N-dealkylation sites (N-methyl/N-ethyl adjacent to an activating group) is 1. The van der Waals surface area contributed by atoms with Crippen LogP contribution in [0.5, 0.6) is 5.75 Å². The number of aromatic nitrogens is 3. The lowest BCUT2D eigenvalue weighted by molar-refractivity contribution is 0.243. The van der Waals surface area contributed by atoms with Gasteiger partial charge >= 0.3 is 0 Å². The van der Waals surface area contributed by atoms with Crippen LogP contribution in [0.15, 0.2) is 48.8 Å². The Bertz CT molecular complexity index is 991. The first-order chi connectivity index (χ1) is 15.1. The Labute approximate surface area is 184 Å². The van der Waals surface area contributed by atoms with E-state index in [0.29, 0.717) is 0 Å². The van der Waals surface area contributed by atoms with Gasteiger partial charge in [0, 0.05) is 62.7 Å². The Morgan fingerprint density at radius 2 is 1.84 bits per heavy atom. The van der Waals surface area contributed by atoms with Gasteiger partial charge in [-0.25, -0.2) is 9.97 Å². The van der Waals surface area contributed by atoms with E-state index in [1.165, 1.54) is 11.1 Å². The van der Waals surface area contributed by atoms with Gasteiger partial charge in [0.2, 0.25) is 0 Å². The summed E-state index contributed by atoms with van der Waals surface area (Å²) in [5.74, 6) is 2.59. The van der Waals surface area contributed by atoms with Gasteiger partial charge in [0.1, 0.15) is 11.6 Å². The molecule has 1 aliphatic heterocycles. The van der Waals surface area contributed by atoms with Crippen molar-refractivity contribution in [3.05, 3.63) is 65.6 Å². The predicted octanol–water partition coefficient (Wildman–Crippen LogP) is 3.08. The SMILES string of the molecule is COc1ccc(CN2CCc3nc(-c4ccncc4)nc(NCCN(C)C)c3C2)cc1. The molecule has 0 atom stereocenters. The van der Waals surface area contributed by atoms with Crippen LogP contribution in [0.3, 0.4) is 0 Å². The Hall–Kier alpha value is -3.03. The molecule has 0 spiro atoms. The highest BCUT2D eigenvalue weighted by Crippen LogP contribution is 2.28. The van der Waals surface area contributed by atoms with Gasteiger partial charge in [-0.05, 0) is 43.9 Å². The molecule has 1 aromatic carbocycles. The first kappa shape index (κ1) is 21.2. The van der Waals surface area contributed by atoms with Crippen molar-refractivity contribution in [3.63, 3.8) is 0 Å². The van der Waals surface area contributed by atoms with Crippen molar-refractivity contribution < 1.29 is 4.74 Å². The van der Waals surface area contributed by atoms with Gasteiger partial charge < -0.3 is 15.0 Å². The number of pyridine rings is 1. The monoisotopic (exact) mass is 418 g/mol. The van der Waals surface area contributed by atoms with Crippen LogP contribution in [0.1, 0.15) is 16.8 Å². The average Bonchev–Trinajstić information content (AvgIpc) is 2.80. The summed E-state index contributed by atoms with van der Waals surface area (Å²) >= 11 is 0. The van der Waals surface area contributed by atoms with Gasteiger partial charge in [0.05, 0.1) is 12.8 Å². The van der Waals surface area contributed by atoms with Crippen molar-refractivity contribution >= 4 is 5.82 Å². The molecule has 4 rings (SSSR count). The largest absolute Gasteiger partial charge is 0.497 e. The Morgan fingerprint density at radius 1 is 1.06 bits per heavy atom. The van der Waals surface area contributed by atoms with E-state index in [0.717, 1.165) is 67.8 Å². The zero-order chi connectivity index (χ0) is 21.6. The van der Waals surface area contributed by atoms with Gasteiger partial charge in [0.15, 0.2) is 5.82 Å². The molecular weight excluding hydrogens is 388 g/mol. The van der Waals surface area contributed by atoms with Crippen LogP contribution >= 0.6 is 0 Å². The fourth-order valence-electron chi connectivity index (χ4n) is 3.77. The summed E-state index contributed by atoms with van der Waals surface area (Å²) < 4.78 is 5.28. The van der Waals surface area contributed by atoms with Crippen LogP contribution in [0, 0.1) is 0 Å². The third-order valence-electron chi connectivity index (χ3n) is 5.49. The van der Waals surface area contributed by atoms with Crippen LogP contribution in [-0.4, -0.2) is 65.6 Å². The zero-order valence-corrected chi connectivity index (χ0v) is 18.5. The maximum atomic E-state index is 5.28. The van der Waals surface area contributed by atoms with E-state index >= 15 is 0 Å². The molecule has 0 bridgehead atoms. The molecule has 7 heteroatoms. The van der Waals surface area contributed by atoms with E-state index in [1.807, 2.05) is 24.3 Å². The second-order valence-electron chi connectivity index (χ2n) is 8.10. The second-order valence-corrected chi connectivity index (χ2v) is 8.10. The number of hydrogen-bond acceptors (Lipinski definition) is 7. The smallest absolute Gasteiger partial charge is 0.161 e. The van der Waals surface area contributed by atoms with Crippen molar-refractivity contribution in [3.8, 4) is 17.1 Å². The number of methoxy groups -OCH3 is 1. The summed E-state index contributed by atoms with van der Waals surface area (Å²) in [6, 6.07) is 12.2. The van der Waals surface area contributed by atoms with E-state index in [4.69, 9.17) is 14.7 Å². The van der Waals surface area contributed by atoms with Crippen molar-refractivity contribution in [2.45, 2.75) is 19.5 Å². The molecule has 0 saturated heterocycles. The fourth-order valence-corrected chi connectivity index (χ4v) is 3.77. The van der Waals surface area contributed by atoms with E-state index in [1.54, 1.807) is 19.5 Å². The predicted molar refractivity (Wildman–Crippen MR) is 123 cm³/mol. The van der Waals surface area contributed by atoms with Gasteiger partial charge in [-0.15, -0.1) is 0 Å². The molecule has 162 valence electrons. The molecule has 7 nitrogen and oxygen atoms in total. The summed E-state index contributed by atoms with van der Waals surface area (Å²) in [6.45, 7) is 4.49. The van der Waals surface area contributed by atoms with Crippen LogP contribution in [-0.2, 0) is 19.5 Å². The zero-order valence-electron chi connectivity index (χ0n) is 18.5. The topological polar surface area (TPSA) is 66.4 Å². The standard InChI is InChI=1S/C24H30N6O/c1-29(2)15-13-26-24-21-17-30(16-18-4-6-20(31-3)7-5-18)14-10-22(21)27-23(28-24)19-8-11-25-12-9-19/h4-9,11-12H,10,13-17H2,1-3H3,(H,26,27,28). The first-order valence-corrected chi connectivity index (χ1v) is 10.7. The van der Waals surface area contributed by atoms with Crippen LogP contribution in [0.25, 0.3) is 11.4 Å². The van der Waals surface area contributed by atoms with Crippen LogP contribution in [0.4, 0.5) is 5.82 Å². The minimum absolute atomic E-state index is 0.761. The first-order valence-electron chi connectivity index (χ1n) is 10.7. The van der Waals surface area contributed by atoms with Crippen molar-refractivity contribution in [1.82, 2.24) is 24.8 Å². The maximum Gasteiger partial charge on any atom is 0.161 e. The second kappa shape index (κ2) is 9.85. The number of nitrogens with one attached hydrogen (secondary N) is 1. The van der Waals surface area contributed by atoms with E-state index < -0.39 is 0 Å². The maximum absolute atomic E-state index is 5.28. The Morgan fingerprint density at radius 3 is 2.55 bits per heavy atom. The third-order valence-corrected chi connectivity index (χ3v) is 5.49. The van der Waals surface area contributed by atoms with E-state index in [2.05, 4.69) is 46.3 Å². The summed E-state index contributed by atoms with van der Waals surface area (Å²) in [4.78, 5) is 18.6. The number of fused-ring (bicyclic) bond motifs is 1. The highest BCUT2D eigenvalue weighted by Gasteiger charge is 2.23. The summed E-state index contributed by atoms with van der Waals surface area (Å²) in [6.07, 6.45) is 4.48. The Balaban J connectivity index is 1.57. The molecule has 31 heavy (non-hydrogen) atoms. The molecule has 0 radical (unpaired) electrons. The van der Waals surface area contributed by atoms with Crippen molar-refractivity contribution in [2.75, 3.05) is 46.2 Å². The molecular formula is C24H30N6O. The van der Waals surface area contributed by atoms with Crippen LogP contribution < -0.4 is 10.1 Å². The van der Waals surface area contributed by atoms with Gasteiger partial charge in [-0.2, -0.15) is 0 Å². The third kappa shape index (κ3) is 5.37. The molecule has 0 saturated carbocycles. The highest BCUT2D eigenvalue weighted by atomic mass is 16.5. The lowest BCUT2D eigenvalue weighted by Crippen LogP contribution is -2.32. The summed E-state index contributed by atoms with van der Waals surface area (Å²) in [5.41, 5.74) is 4.62. The summed E-state index contributed by atoms with van der Waals surface area (Å²) in [5, 5.41) is 3.56. The molecule has 0 aliphatic carbocycles. The van der Waals surface area contributed by atoms with Gasteiger partial charge in [0.25, 0.3) is 0 Å². The lowest BCUT2D eigenvalue weighted by atomic mass is 10.0. The van der Waals surface area contributed by atoms with Crippen molar-refractivity contribution in [2.24, 2.45) is 0 Å².